The first-order valence-corrected chi connectivity index (χ1v) is 10.3. The average Bonchev–Trinajstić information content (AvgIpc) is 2.75. The molecular formula is C22H27ClO8. The van der Waals surface area contributed by atoms with Gasteiger partial charge in [-0.15, -0.1) is 0 Å². The highest BCUT2D eigenvalue weighted by Crippen LogP contribution is 2.34. The first kappa shape index (κ1) is 23.9. The Labute approximate surface area is 184 Å². The van der Waals surface area contributed by atoms with Crippen LogP contribution < -0.4 is 4.74 Å². The van der Waals surface area contributed by atoms with Crippen molar-refractivity contribution in [3.8, 4) is 5.75 Å². The topological polar surface area (TPSA) is 140 Å². The number of aliphatic hydroxyl groups is 6. The molecule has 1 fully saturated rings. The molecule has 0 aliphatic carbocycles. The summed E-state index contributed by atoms with van der Waals surface area (Å²) in [6, 6.07) is 12.1. The van der Waals surface area contributed by atoms with Crippen molar-refractivity contribution >= 4 is 11.6 Å². The first-order valence-electron chi connectivity index (χ1n) is 9.97. The molecule has 1 aliphatic heterocycles. The van der Waals surface area contributed by atoms with Gasteiger partial charge < -0.3 is 40.1 Å². The van der Waals surface area contributed by atoms with Gasteiger partial charge in [-0.3, -0.25) is 0 Å². The van der Waals surface area contributed by atoms with E-state index in [0.717, 1.165) is 11.1 Å². The van der Waals surface area contributed by atoms with Crippen molar-refractivity contribution < 1.29 is 40.1 Å². The molecule has 6 N–H and O–H groups in total. The highest BCUT2D eigenvalue weighted by molar-refractivity contribution is 6.31. The maximum atomic E-state index is 10.4. The summed E-state index contributed by atoms with van der Waals surface area (Å²) in [4.78, 5) is 0. The Morgan fingerprint density at radius 1 is 0.968 bits per heavy atom. The smallest absolute Gasteiger partial charge is 0.199 e. The minimum atomic E-state index is -1.45. The standard InChI is InChI=1S/C22H27ClO8/c23-16-6-3-13(22-21(29)20(28)19(27)17(11-25)31-22)10-14(16)9-12-1-4-15(5-2-12)30-18(26)7-8-24/h1-6,10,17-22,24-29H,7-9,11H2/t17-,18+,19-,20+,21-,22+/m1/s1. The lowest BCUT2D eigenvalue weighted by atomic mass is 9.90. The van der Waals surface area contributed by atoms with Gasteiger partial charge in [0.25, 0.3) is 0 Å². The van der Waals surface area contributed by atoms with Gasteiger partial charge in [0, 0.05) is 18.1 Å². The average molecular weight is 455 g/mol. The van der Waals surface area contributed by atoms with Gasteiger partial charge in [0.1, 0.15) is 36.3 Å². The Balaban J connectivity index is 1.75. The van der Waals surface area contributed by atoms with Crippen molar-refractivity contribution in [2.24, 2.45) is 0 Å². The third kappa shape index (κ3) is 5.74. The number of hydrogen-bond acceptors (Lipinski definition) is 8. The van der Waals surface area contributed by atoms with Crippen molar-refractivity contribution in [1.82, 2.24) is 0 Å². The van der Waals surface area contributed by atoms with Crippen molar-refractivity contribution in [3.63, 3.8) is 0 Å². The van der Waals surface area contributed by atoms with E-state index in [1.165, 1.54) is 0 Å². The lowest BCUT2D eigenvalue weighted by molar-refractivity contribution is -0.231. The Bertz CT molecular complexity index is 844. The van der Waals surface area contributed by atoms with Crippen molar-refractivity contribution in [3.05, 3.63) is 64.2 Å². The molecule has 2 aromatic rings. The van der Waals surface area contributed by atoms with E-state index in [1.54, 1.807) is 30.3 Å². The fourth-order valence-corrected chi connectivity index (χ4v) is 3.70. The summed E-state index contributed by atoms with van der Waals surface area (Å²) in [6.45, 7) is -0.675. The van der Waals surface area contributed by atoms with E-state index in [-0.39, 0.29) is 13.0 Å². The molecule has 31 heavy (non-hydrogen) atoms. The molecule has 1 saturated heterocycles. The van der Waals surface area contributed by atoms with Crippen LogP contribution in [0.1, 0.15) is 29.2 Å². The van der Waals surface area contributed by atoms with E-state index in [1.807, 2.05) is 12.1 Å². The minimum Gasteiger partial charge on any atom is -0.465 e. The van der Waals surface area contributed by atoms with Gasteiger partial charge in [-0.2, -0.15) is 0 Å². The van der Waals surface area contributed by atoms with E-state index in [4.69, 9.17) is 26.2 Å². The highest BCUT2D eigenvalue weighted by atomic mass is 35.5. The normalized spacial score (nSPS) is 27.1. The molecule has 0 radical (unpaired) electrons. The van der Waals surface area contributed by atoms with Gasteiger partial charge in [-0.1, -0.05) is 35.9 Å². The molecule has 0 aromatic heterocycles. The van der Waals surface area contributed by atoms with Crippen LogP contribution in [0, 0.1) is 0 Å². The number of benzene rings is 2. The van der Waals surface area contributed by atoms with E-state index in [9.17, 15) is 25.5 Å². The second kappa shape index (κ2) is 10.7. The molecule has 0 bridgehead atoms. The van der Waals surface area contributed by atoms with E-state index in [2.05, 4.69) is 0 Å². The van der Waals surface area contributed by atoms with Gasteiger partial charge >= 0.3 is 0 Å². The van der Waals surface area contributed by atoms with Gasteiger partial charge in [0.05, 0.1) is 6.61 Å². The number of rotatable bonds is 8. The Kier molecular flexibility index (Phi) is 8.26. The summed E-state index contributed by atoms with van der Waals surface area (Å²) in [5.41, 5.74) is 2.23. The summed E-state index contributed by atoms with van der Waals surface area (Å²) in [5, 5.41) is 58.7. The predicted octanol–water partition coefficient (Wildman–Crippen LogP) is 0.525. The molecule has 170 valence electrons. The third-order valence-electron chi connectivity index (χ3n) is 5.26. The molecule has 1 heterocycles. The van der Waals surface area contributed by atoms with E-state index >= 15 is 0 Å². The zero-order chi connectivity index (χ0) is 22.5. The molecule has 2 aromatic carbocycles. The SMILES string of the molecule is OCC[C@@H](O)Oc1ccc(Cc2cc([C@@H]3O[C@H](CO)[C@@H](O)[C@H](O)[C@H]3O)ccc2Cl)cc1. The minimum absolute atomic E-state index is 0.113. The van der Waals surface area contributed by atoms with Crippen LogP contribution in [0.2, 0.25) is 5.02 Å². The van der Waals surface area contributed by atoms with Gasteiger partial charge in [-0.25, -0.2) is 0 Å². The zero-order valence-corrected chi connectivity index (χ0v) is 17.5. The van der Waals surface area contributed by atoms with Gasteiger partial charge in [-0.05, 0) is 41.3 Å². The quantitative estimate of drug-likeness (QED) is 0.317. The summed E-state index contributed by atoms with van der Waals surface area (Å²) in [6.07, 6.45) is -6.67. The first-order chi connectivity index (χ1) is 14.8. The van der Waals surface area contributed by atoms with Crippen LogP contribution in [0.25, 0.3) is 0 Å². The molecule has 0 unspecified atom stereocenters. The van der Waals surface area contributed by atoms with Crippen LogP contribution >= 0.6 is 11.6 Å². The van der Waals surface area contributed by atoms with Crippen LogP contribution in [0.4, 0.5) is 0 Å². The molecule has 1 aliphatic rings. The predicted molar refractivity (Wildman–Crippen MR) is 112 cm³/mol. The lowest BCUT2D eigenvalue weighted by Crippen LogP contribution is -2.55. The molecule has 6 atom stereocenters. The Morgan fingerprint density at radius 3 is 2.32 bits per heavy atom. The van der Waals surface area contributed by atoms with Crippen LogP contribution in [-0.4, -0.2) is 74.6 Å². The fraction of sp³-hybridized carbons (Fsp3) is 0.455. The Hall–Kier alpha value is -1.75. The zero-order valence-electron chi connectivity index (χ0n) is 16.7. The molecule has 0 amide bonds. The molecule has 9 heteroatoms. The number of aliphatic hydroxyl groups excluding tert-OH is 6. The number of halogens is 1. The van der Waals surface area contributed by atoms with Crippen LogP contribution in [-0.2, 0) is 11.2 Å². The summed E-state index contributed by atoms with van der Waals surface area (Å²) >= 11 is 6.35. The van der Waals surface area contributed by atoms with Crippen LogP contribution in [0.15, 0.2) is 42.5 Å². The highest BCUT2D eigenvalue weighted by Gasteiger charge is 2.44. The monoisotopic (exact) mass is 454 g/mol. The lowest BCUT2D eigenvalue weighted by Gasteiger charge is -2.40. The largest absolute Gasteiger partial charge is 0.465 e. The molecule has 0 spiro atoms. The van der Waals surface area contributed by atoms with Crippen molar-refractivity contribution in [2.75, 3.05) is 13.2 Å². The molecule has 8 nitrogen and oxygen atoms in total. The summed E-state index contributed by atoms with van der Waals surface area (Å²) in [7, 11) is 0. The van der Waals surface area contributed by atoms with E-state index in [0.29, 0.717) is 22.8 Å². The van der Waals surface area contributed by atoms with E-state index < -0.39 is 43.4 Å². The Morgan fingerprint density at radius 2 is 1.68 bits per heavy atom. The number of hydrogen-bond donors (Lipinski definition) is 6. The molecular weight excluding hydrogens is 428 g/mol. The molecule has 0 saturated carbocycles. The van der Waals surface area contributed by atoms with Gasteiger partial charge in [0.2, 0.25) is 0 Å². The maximum Gasteiger partial charge on any atom is 0.199 e. The molecule has 3 rings (SSSR count). The van der Waals surface area contributed by atoms with Crippen molar-refractivity contribution in [1.29, 1.82) is 0 Å². The fourth-order valence-electron chi connectivity index (χ4n) is 3.52. The van der Waals surface area contributed by atoms with Gasteiger partial charge in [0.15, 0.2) is 6.29 Å². The third-order valence-corrected chi connectivity index (χ3v) is 5.63. The summed E-state index contributed by atoms with van der Waals surface area (Å²) in [5.74, 6) is 0.464. The second-order valence-electron chi connectivity index (χ2n) is 7.51. The van der Waals surface area contributed by atoms with Crippen molar-refractivity contribution in [2.45, 2.75) is 49.7 Å². The van der Waals surface area contributed by atoms with Crippen LogP contribution in [0.3, 0.4) is 0 Å². The second-order valence-corrected chi connectivity index (χ2v) is 7.91. The number of ether oxygens (including phenoxy) is 2. The summed E-state index contributed by atoms with van der Waals surface area (Å²) < 4.78 is 10.9. The van der Waals surface area contributed by atoms with Crippen LogP contribution in [0.5, 0.6) is 5.75 Å². The maximum absolute atomic E-state index is 10.4.